The van der Waals surface area contributed by atoms with E-state index in [2.05, 4.69) is 25.7 Å². The third kappa shape index (κ3) is 4.61. The molecule has 4 aromatic rings. The van der Waals surface area contributed by atoms with Crippen LogP contribution in [0.1, 0.15) is 30.0 Å². The fourth-order valence-corrected chi connectivity index (χ4v) is 4.90. The topological polar surface area (TPSA) is 139 Å². The number of ether oxygens (including phenoxy) is 2. The maximum absolute atomic E-state index is 12.0. The van der Waals surface area contributed by atoms with Crippen LogP contribution in [0.3, 0.4) is 0 Å². The molecular weight excluding hydrogens is 486 g/mol. The number of benzene rings is 1. The first kappa shape index (κ1) is 24.1. The summed E-state index contributed by atoms with van der Waals surface area (Å²) in [5.74, 6) is 1.60. The number of fused-ring (bicyclic) bond motifs is 1. The second-order valence-electron chi connectivity index (χ2n) is 9.64. The summed E-state index contributed by atoms with van der Waals surface area (Å²) < 4.78 is 13.2. The van der Waals surface area contributed by atoms with Crippen LogP contribution in [0.2, 0.25) is 0 Å². The van der Waals surface area contributed by atoms with E-state index in [0.717, 1.165) is 18.4 Å². The smallest absolute Gasteiger partial charge is 0.273 e. The first-order valence-corrected chi connectivity index (χ1v) is 12.6. The molecule has 38 heavy (non-hydrogen) atoms. The Morgan fingerprint density at radius 3 is 2.76 bits per heavy atom. The van der Waals surface area contributed by atoms with Crippen LogP contribution < -0.4 is 16.2 Å². The fourth-order valence-electron chi connectivity index (χ4n) is 4.90. The Morgan fingerprint density at radius 2 is 1.97 bits per heavy atom. The summed E-state index contributed by atoms with van der Waals surface area (Å²) in [5, 5.41) is 20.1. The van der Waals surface area contributed by atoms with Gasteiger partial charge in [0.2, 0.25) is 5.90 Å². The maximum Gasteiger partial charge on any atom is 0.273 e. The minimum atomic E-state index is -0.354. The molecule has 0 bridgehead atoms. The van der Waals surface area contributed by atoms with E-state index >= 15 is 0 Å². The molecule has 1 saturated heterocycles. The van der Waals surface area contributed by atoms with Crippen molar-refractivity contribution in [2.24, 2.45) is 12.0 Å². The van der Waals surface area contributed by atoms with Crippen molar-refractivity contribution in [2.75, 3.05) is 37.1 Å². The minimum absolute atomic E-state index is 0.108. The predicted octanol–water partition coefficient (Wildman–Crippen LogP) is 2.87. The largest absolute Gasteiger partial charge is 0.475 e. The molecular formula is C27H29N7O4. The Labute approximate surface area is 218 Å². The van der Waals surface area contributed by atoms with Gasteiger partial charge in [-0.2, -0.15) is 0 Å². The number of aryl methyl sites for hydroxylation is 1. The van der Waals surface area contributed by atoms with Crippen molar-refractivity contribution in [3.63, 3.8) is 0 Å². The zero-order valence-corrected chi connectivity index (χ0v) is 21.0. The highest BCUT2D eigenvalue weighted by Crippen LogP contribution is 2.34. The number of aliphatic imine (C=N–C) groups is 1. The molecule has 196 valence electrons. The van der Waals surface area contributed by atoms with Crippen molar-refractivity contribution in [2.45, 2.75) is 24.4 Å². The fraction of sp³-hybridized carbons (Fsp3) is 0.333. The molecule has 0 aliphatic carbocycles. The number of nitrogens with one attached hydrogen (secondary N) is 3. The van der Waals surface area contributed by atoms with E-state index in [4.69, 9.17) is 14.5 Å². The van der Waals surface area contributed by atoms with E-state index in [1.54, 1.807) is 30.1 Å². The molecule has 11 heteroatoms. The van der Waals surface area contributed by atoms with E-state index in [-0.39, 0.29) is 23.7 Å². The summed E-state index contributed by atoms with van der Waals surface area (Å²) in [5.41, 5.74) is 2.45. The molecule has 6 rings (SSSR count). The van der Waals surface area contributed by atoms with Gasteiger partial charge in [-0.25, -0.2) is 15.0 Å². The van der Waals surface area contributed by atoms with E-state index in [1.807, 2.05) is 36.4 Å². The standard InChI is InChI=1S/C27H29N7O4/c1-34-24-18(25(36)33-34)7-8-22(31-24)30-23-13-20(29-21(15-35)17-5-3-2-4-6-17)19(14-28-23)26-32-27(16-38-26)9-11-37-12-10-27/h2-8,13-14,21,35H,9-12,15-16H2,1H3,(H,33,36)(H2,28,29,30,31)/t21-/m1/s1. The normalized spacial score (nSPS) is 17.3. The molecule has 1 aromatic carbocycles. The van der Waals surface area contributed by atoms with Crippen molar-refractivity contribution in [1.82, 2.24) is 19.7 Å². The molecule has 3 aromatic heterocycles. The average molecular weight is 516 g/mol. The predicted molar refractivity (Wildman–Crippen MR) is 144 cm³/mol. The molecule has 0 saturated carbocycles. The van der Waals surface area contributed by atoms with Gasteiger partial charge < -0.3 is 25.2 Å². The number of anilines is 3. The van der Waals surface area contributed by atoms with Crippen LogP contribution in [-0.4, -0.2) is 62.7 Å². The van der Waals surface area contributed by atoms with Crippen molar-refractivity contribution in [1.29, 1.82) is 0 Å². The van der Waals surface area contributed by atoms with Gasteiger partial charge in [-0.3, -0.25) is 14.6 Å². The summed E-state index contributed by atoms with van der Waals surface area (Å²) in [7, 11) is 1.74. The van der Waals surface area contributed by atoms with E-state index in [1.165, 1.54) is 0 Å². The van der Waals surface area contributed by atoms with Crippen LogP contribution in [0, 0.1) is 0 Å². The van der Waals surface area contributed by atoms with Gasteiger partial charge in [0.15, 0.2) is 5.65 Å². The Balaban J connectivity index is 1.36. The lowest BCUT2D eigenvalue weighted by Gasteiger charge is -2.28. The van der Waals surface area contributed by atoms with Crippen LogP contribution in [0.15, 0.2) is 64.5 Å². The van der Waals surface area contributed by atoms with Gasteiger partial charge in [0, 0.05) is 32.5 Å². The van der Waals surface area contributed by atoms with Crippen LogP contribution in [0.4, 0.5) is 17.3 Å². The second-order valence-corrected chi connectivity index (χ2v) is 9.64. The Kier molecular flexibility index (Phi) is 6.30. The molecule has 2 aliphatic heterocycles. The molecule has 2 aliphatic rings. The third-order valence-corrected chi connectivity index (χ3v) is 7.05. The molecule has 11 nitrogen and oxygen atoms in total. The molecule has 0 unspecified atom stereocenters. The number of rotatable bonds is 7. The molecule has 0 amide bonds. The summed E-state index contributed by atoms with van der Waals surface area (Å²) in [6.45, 7) is 1.73. The van der Waals surface area contributed by atoms with Gasteiger partial charge in [0.05, 0.1) is 29.3 Å². The number of aliphatic hydroxyl groups is 1. The lowest BCUT2D eigenvalue weighted by Crippen LogP contribution is -2.35. The highest BCUT2D eigenvalue weighted by Gasteiger charge is 2.39. The van der Waals surface area contributed by atoms with Gasteiger partial charge in [-0.05, 0) is 30.5 Å². The molecule has 1 fully saturated rings. The molecule has 4 N–H and O–H groups in total. The van der Waals surface area contributed by atoms with Crippen LogP contribution in [0.25, 0.3) is 11.0 Å². The molecule has 5 heterocycles. The van der Waals surface area contributed by atoms with Crippen LogP contribution in [0.5, 0.6) is 0 Å². The zero-order chi connectivity index (χ0) is 26.1. The van der Waals surface area contributed by atoms with Gasteiger partial charge >= 0.3 is 0 Å². The van der Waals surface area contributed by atoms with Crippen molar-refractivity contribution < 1.29 is 14.6 Å². The van der Waals surface area contributed by atoms with Crippen LogP contribution in [-0.2, 0) is 16.5 Å². The molecule has 1 atom stereocenters. The van der Waals surface area contributed by atoms with Gasteiger partial charge in [0.25, 0.3) is 5.56 Å². The van der Waals surface area contributed by atoms with Crippen molar-refractivity contribution in [3.05, 3.63) is 76.2 Å². The Hall–Kier alpha value is -4.22. The SMILES string of the molecule is Cn1[nH]c(=O)c2ccc(Nc3cc(N[C@H](CO)c4ccccc4)c(C4=NC5(CCOCC5)CO4)cn3)nc21. The Morgan fingerprint density at radius 1 is 1.16 bits per heavy atom. The molecule has 1 spiro atoms. The van der Waals surface area contributed by atoms with Crippen LogP contribution >= 0.6 is 0 Å². The van der Waals surface area contributed by atoms with Gasteiger partial charge in [0.1, 0.15) is 23.8 Å². The summed E-state index contributed by atoms with van der Waals surface area (Å²) in [6, 6.07) is 14.7. The maximum atomic E-state index is 12.0. The number of pyridine rings is 2. The monoisotopic (exact) mass is 515 g/mol. The first-order chi connectivity index (χ1) is 18.5. The lowest BCUT2D eigenvalue weighted by molar-refractivity contribution is 0.0442. The highest BCUT2D eigenvalue weighted by molar-refractivity contribution is 6.01. The first-order valence-electron chi connectivity index (χ1n) is 12.6. The van der Waals surface area contributed by atoms with E-state index in [0.29, 0.717) is 59.6 Å². The van der Waals surface area contributed by atoms with Crippen molar-refractivity contribution in [3.8, 4) is 0 Å². The zero-order valence-electron chi connectivity index (χ0n) is 21.0. The number of hydrogen-bond acceptors (Lipinski definition) is 9. The highest BCUT2D eigenvalue weighted by atomic mass is 16.5. The summed E-state index contributed by atoms with van der Waals surface area (Å²) in [6.07, 6.45) is 3.34. The Bertz CT molecular complexity index is 1540. The van der Waals surface area contributed by atoms with E-state index < -0.39 is 0 Å². The number of hydrogen-bond donors (Lipinski definition) is 4. The quantitative estimate of drug-likeness (QED) is 0.295. The lowest BCUT2D eigenvalue weighted by atomic mass is 9.92. The number of aliphatic hydroxyl groups excluding tert-OH is 1. The van der Waals surface area contributed by atoms with E-state index in [9.17, 15) is 9.90 Å². The third-order valence-electron chi connectivity index (χ3n) is 7.05. The summed E-state index contributed by atoms with van der Waals surface area (Å²) >= 11 is 0. The second kappa shape index (κ2) is 9.92. The van der Waals surface area contributed by atoms with Gasteiger partial charge in [-0.1, -0.05) is 30.3 Å². The summed E-state index contributed by atoms with van der Waals surface area (Å²) in [4.78, 5) is 26.2. The number of H-pyrrole nitrogens is 1. The number of aromatic amines is 1. The number of aromatic nitrogens is 4. The average Bonchev–Trinajstić information content (AvgIpc) is 3.47. The molecule has 0 radical (unpaired) electrons. The van der Waals surface area contributed by atoms with Crippen molar-refractivity contribution >= 4 is 34.3 Å². The minimum Gasteiger partial charge on any atom is -0.475 e. The number of nitrogens with zero attached hydrogens (tertiary/aromatic N) is 4. The van der Waals surface area contributed by atoms with Gasteiger partial charge in [-0.15, -0.1) is 0 Å².